The van der Waals surface area contributed by atoms with Gasteiger partial charge >= 0.3 is 6.18 Å². The molecule has 0 atom stereocenters. The Morgan fingerprint density at radius 1 is 1.31 bits per heavy atom. The molecule has 0 aliphatic carbocycles. The van der Waals surface area contributed by atoms with E-state index < -0.39 is 21.8 Å². The van der Waals surface area contributed by atoms with Gasteiger partial charge in [-0.15, -0.1) is 0 Å². The Balaban J connectivity index is 2.18. The van der Waals surface area contributed by atoms with Gasteiger partial charge in [0, 0.05) is 45.6 Å². The summed E-state index contributed by atoms with van der Waals surface area (Å²) in [6.45, 7) is -0.380. The molecule has 7 nitrogen and oxygen atoms in total. The van der Waals surface area contributed by atoms with Gasteiger partial charge < -0.3 is 9.88 Å². The zero-order valence-electron chi connectivity index (χ0n) is 14.2. The maximum atomic E-state index is 12.9. The monoisotopic (exact) mass is 387 g/mol. The molecule has 0 bridgehead atoms. The van der Waals surface area contributed by atoms with Crippen LogP contribution >= 0.6 is 0 Å². The number of imidazole rings is 1. The van der Waals surface area contributed by atoms with E-state index in [1.807, 2.05) is 0 Å². The van der Waals surface area contributed by atoms with Gasteiger partial charge in [0.2, 0.25) is 10.0 Å². The highest BCUT2D eigenvalue weighted by Crippen LogP contribution is 2.36. The van der Waals surface area contributed by atoms with Crippen LogP contribution in [0.25, 0.3) is 17.5 Å². The van der Waals surface area contributed by atoms with Crippen molar-refractivity contribution in [3.05, 3.63) is 29.7 Å². The maximum absolute atomic E-state index is 12.9. The molecule has 2 aromatic rings. The van der Waals surface area contributed by atoms with Crippen molar-refractivity contribution in [3.8, 4) is 11.4 Å². The SMILES string of the molecule is CN(C)S(=O)(=O)c1cnccc1-c1nc2c(n1C)NCC(C(F)(F)F)=C2. The number of aromatic nitrogens is 3. The van der Waals surface area contributed by atoms with Crippen molar-refractivity contribution in [2.24, 2.45) is 7.05 Å². The molecule has 11 heteroatoms. The van der Waals surface area contributed by atoms with E-state index in [0.29, 0.717) is 5.82 Å². The van der Waals surface area contributed by atoms with E-state index in [0.717, 1.165) is 10.4 Å². The number of sulfonamides is 1. The van der Waals surface area contributed by atoms with Gasteiger partial charge in [0.15, 0.2) is 0 Å². The number of fused-ring (bicyclic) bond motifs is 1. The van der Waals surface area contributed by atoms with Crippen LogP contribution in [0.2, 0.25) is 0 Å². The van der Waals surface area contributed by atoms with Crippen LogP contribution in [0.3, 0.4) is 0 Å². The number of hydrogen-bond donors (Lipinski definition) is 1. The van der Waals surface area contributed by atoms with E-state index in [4.69, 9.17) is 0 Å². The van der Waals surface area contributed by atoms with Crippen molar-refractivity contribution in [3.63, 3.8) is 0 Å². The molecular weight excluding hydrogens is 371 g/mol. The summed E-state index contributed by atoms with van der Waals surface area (Å²) in [6.07, 6.45) is -0.889. The lowest BCUT2D eigenvalue weighted by Crippen LogP contribution is -2.23. The van der Waals surface area contributed by atoms with Crippen LogP contribution in [-0.2, 0) is 17.1 Å². The number of nitrogens with zero attached hydrogens (tertiary/aromatic N) is 4. The van der Waals surface area contributed by atoms with Crippen LogP contribution in [0.5, 0.6) is 0 Å². The highest BCUT2D eigenvalue weighted by Gasteiger charge is 2.36. The molecule has 0 saturated carbocycles. The average molecular weight is 387 g/mol. The Bertz CT molecular complexity index is 993. The van der Waals surface area contributed by atoms with Crippen LogP contribution in [-0.4, -0.2) is 54.1 Å². The second-order valence-corrected chi connectivity index (χ2v) is 8.03. The van der Waals surface area contributed by atoms with E-state index in [-0.39, 0.29) is 28.5 Å². The average Bonchev–Trinajstić information content (AvgIpc) is 2.90. The Kier molecular flexibility index (Phi) is 4.31. The lowest BCUT2D eigenvalue weighted by Gasteiger charge is -2.18. The van der Waals surface area contributed by atoms with Crippen LogP contribution in [0.4, 0.5) is 19.0 Å². The summed E-state index contributed by atoms with van der Waals surface area (Å²) >= 11 is 0. The molecule has 3 rings (SSSR count). The number of halogens is 3. The van der Waals surface area contributed by atoms with Gasteiger partial charge in [0.25, 0.3) is 0 Å². The second kappa shape index (κ2) is 6.09. The van der Waals surface area contributed by atoms with E-state index in [1.165, 1.54) is 37.1 Å². The largest absolute Gasteiger partial charge is 0.414 e. The van der Waals surface area contributed by atoms with Crippen molar-refractivity contribution >= 4 is 21.9 Å². The summed E-state index contributed by atoms with van der Waals surface area (Å²) in [6, 6.07) is 1.47. The first-order valence-electron chi connectivity index (χ1n) is 7.48. The van der Waals surface area contributed by atoms with E-state index in [2.05, 4.69) is 15.3 Å². The lowest BCUT2D eigenvalue weighted by atomic mass is 10.1. The molecule has 1 aliphatic rings. The zero-order chi connectivity index (χ0) is 19.3. The minimum Gasteiger partial charge on any atom is -0.366 e. The van der Waals surface area contributed by atoms with Gasteiger partial charge in [-0.05, 0) is 12.1 Å². The molecule has 0 amide bonds. The summed E-state index contributed by atoms with van der Waals surface area (Å²) in [7, 11) is 0.567. The Morgan fingerprint density at radius 3 is 2.62 bits per heavy atom. The van der Waals surface area contributed by atoms with Gasteiger partial charge in [-0.2, -0.15) is 13.2 Å². The number of hydrogen-bond acceptors (Lipinski definition) is 5. The molecule has 1 N–H and O–H groups in total. The van der Waals surface area contributed by atoms with Crippen molar-refractivity contribution < 1.29 is 21.6 Å². The first-order valence-corrected chi connectivity index (χ1v) is 8.92. The molecule has 3 heterocycles. The van der Waals surface area contributed by atoms with Gasteiger partial charge in [-0.3, -0.25) is 4.98 Å². The molecular formula is C15H16F3N5O2S. The van der Waals surface area contributed by atoms with E-state index in [1.54, 1.807) is 7.05 Å². The highest BCUT2D eigenvalue weighted by molar-refractivity contribution is 7.89. The maximum Gasteiger partial charge on any atom is 0.414 e. The van der Waals surface area contributed by atoms with Crippen LogP contribution < -0.4 is 5.32 Å². The quantitative estimate of drug-likeness (QED) is 0.873. The topological polar surface area (TPSA) is 80.1 Å². The Hall–Kier alpha value is -2.40. The summed E-state index contributed by atoms with van der Waals surface area (Å²) in [5.41, 5.74) is -0.383. The Morgan fingerprint density at radius 2 is 2.00 bits per heavy atom. The highest BCUT2D eigenvalue weighted by atomic mass is 32.2. The predicted octanol–water partition coefficient (Wildman–Crippen LogP) is 2.10. The zero-order valence-corrected chi connectivity index (χ0v) is 15.0. The fourth-order valence-electron chi connectivity index (χ4n) is 2.61. The number of pyridine rings is 1. The van der Waals surface area contributed by atoms with Crippen LogP contribution in [0, 0.1) is 0 Å². The molecule has 0 spiro atoms. The molecule has 0 saturated heterocycles. The van der Waals surface area contributed by atoms with Crippen molar-refractivity contribution in [2.45, 2.75) is 11.1 Å². The summed E-state index contributed by atoms with van der Waals surface area (Å²) in [4.78, 5) is 8.01. The lowest BCUT2D eigenvalue weighted by molar-refractivity contribution is -0.0909. The molecule has 0 aromatic carbocycles. The Labute approximate surface area is 148 Å². The van der Waals surface area contributed by atoms with Gasteiger partial charge in [-0.25, -0.2) is 17.7 Å². The fraction of sp³-hybridized carbons (Fsp3) is 0.333. The third-order valence-corrected chi connectivity index (χ3v) is 5.87. The minimum atomic E-state index is -4.46. The van der Waals surface area contributed by atoms with Gasteiger partial charge in [0.1, 0.15) is 22.2 Å². The molecule has 2 aromatic heterocycles. The standard InChI is InChI=1S/C15H16F3N5O2S/c1-22(2)26(24,25)12-8-19-5-4-10(12)13-21-11-6-9(15(16,17)18)7-20-14(11)23(13)3/h4-6,8,20H,7H2,1-3H3. The number of alkyl halides is 3. The second-order valence-electron chi connectivity index (χ2n) is 5.91. The molecule has 0 fully saturated rings. The van der Waals surface area contributed by atoms with Gasteiger partial charge in [-0.1, -0.05) is 0 Å². The first kappa shape index (κ1) is 18.4. The smallest absolute Gasteiger partial charge is 0.366 e. The third-order valence-electron chi connectivity index (χ3n) is 4.03. The molecule has 1 aliphatic heterocycles. The molecule has 0 unspecified atom stereocenters. The summed E-state index contributed by atoms with van der Waals surface area (Å²) < 4.78 is 66.5. The van der Waals surface area contributed by atoms with Crippen LogP contribution in [0.1, 0.15) is 5.69 Å². The van der Waals surface area contributed by atoms with E-state index >= 15 is 0 Å². The normalized spacial score (nSPS) is 14.8. The predicted molar refractivity (Wildman–Crippen MR) is 89.8 cm³/mol. The molecule has 0 radical (unpaired) electrons. The summed E-state index contributed by atoms with van der Waals surface area (Å²) in [5.74, 6) is 0.614. The first-order chi connectivity index (χ1) is 12.0. The van der Waals surface area contributed by atoms with Crippen LogP contribution in [0.15, 0.2) is 28.9 Å². The summed E-state index contributed by atoms with van der Waals surface area (Å²) in [5, 5.41) is 2.70. The fourth-order valence-corrected chi connectivity index (χ4v) is 3.64. The number of nitrogens with one attached hydrogen (secondary N) is 1. The number of anilines is 1. The third kappa shape index (κ3) is 2.97. The number of rotatable bonds is 3. The molecule has 26 heavy (non-hydrogen) atoms. The molecule has 140 valence electrons. The van der Waals surface area contributed by atoms with Gasteiger partial charge in [0.05, 0.1) is 5.57 Å². The minimum absolute atomic E-state index is 0.0736. The van der Waals surface area contributed by atoms with Crippen molar-refractivity contribution in [1.82, 2.24) is 18.8 Å². The van der Waals surface area contributed by atoms with Crippen molar-refractivity contribution in [1.29, 1.82) is 0 Å². The van der Waals surface area contributed by atoms with E-state index in [9.17, 15) is 21.6 Å². The van der Waals surface area contributed by atoms with Crippen molar-refractivity contribution in [2.75, 3.05) is 26.0 Å².